The molecule has 34 heavy (non-hydrogen) atoms. The van der Waals surface area contributed by atoms with Crippen LogP contribution >= 0.6 is 0 Å². The highest BCUT2D eigenvalue weighted by molar-refractivity contribution is 6.46. The first-order valence-electron chi connectivity index (χ1n) is 11.2. The van der Waals surface area contributed by atoms with Crippen molar-refractivity contribution in [3.8, 4) is 11.5 Å². The summed E-state index contributed by atoms with van der Waals surface area (Å²) in [5, 5.41) is 21.3. The minimum absolute atomic E-state index is 0.00390. The zero-order valence-electron chi connectivity index (χ0n) is 18.8. The van der Waals surface area contributed by atoms with Crippen LogP contribution in [0.4, 0.5) is 0 Å². The van der Waals surface area contributed by atoms with Crippen molar-refractivity contribution in [3.63, 3.8) is 0 Å². The van der Waals surface area contributed by atoms with E-state index in [1.54, 1.807) is 54.9 Å². The zero-order chi connectivity index (χ0) is 24.1. The molecule has 1 aliphatic heterocycles. The van der Waals surface area contributed by atoms with E-state index in [1.165, 1.54) is 17.0 Å². The van der Waals surface area contributed by atoms with E-state index in [4.69, 9.17) is 4.74 Å². The monoisotopic (exact) mass is 458 g/mol. The topological polar surface area (TPSA) is 100.0 Å². The molecule has 3 aromatic rings. The number of aromatic hydroxyl groups is 1. The standard InChI is InChI=1S/C27H26N2O5/c1-2-3-13-34-22-11-5-9-20(15-22)25(31)23-24(19-8-4-10-21(30)14-19)29(27(33)26(23)32)17-18-7-6-12-28-16-18/h4-12,14-16,24,30-31H,2-3,13,17H2,1H3. The lowest BCUT2D eigenvalue weighted by atomic mass is 9.95. The number of unbranched alkanes of at least 4 members (excludes halogenated alkanes) is 1. The molecule has 0 aliphatic carbocycles. The number of carbonyl (C=O) groups excluding carboxylic acids is 2. The Morgan fingerprint density at radius 1 is 1.09 bits per heavy atom. The van der Waals surface area contributed by atoms with Crippen LogP contribution in [0.1, 0.15) is 42.5 Å². The van der Waals surface area contributed by atoms with Crippen LogP contribution in [0.5, 0.6) is 11.5 Å². The maximum absolute atomic E-state index is 13.2. The number of nitrogens with zero attached hydrogens (tertiary/aromatic N) is 2. The summed E-state index contributed by atoms with van der Waals surface area (Å²) in [4.78, 5) is 31.7. The molecule has 7 heteroatoms. The third-order valence-electron chi connectivity index (χ3n) is 5.68. The molecular formula is C27H26N2O5. The molecule has 0 radical (unpaired) electrons. The van der Waals surface area contributed by atoms with Crippen molar-refractivity contribution in [1.29, 1.82) is 0 Å². The maximum atomic E-state index is 13.2. The predicted octanol–water partition coefficient (Wildman–Crippen LogP) is 4.59. The van der Waals surface area contributed by atoms with Gasteiger partial charge in [-0.2, -0.15) is 0 Å². The number of phenolic OH excluding ortho intramolecular Hbond substituents is 1. The summed E-state index contributed by atoms with van der Waals surface area (Å²) in [5.74, 6) is -1.24. The molecule has 2 N–H and O–H groups in total. The van der Waals surface area contributed by atoms with E-state index >= 15 is 0 Å². The third kappa shape index (κ3) is 4.78. The molecule has 0 saturated carbocycles. The number of aliphatic hydroxyl groups is 1. The number of hydrogen-bond donors (Lipinski definition) is 2. The molecule has 1 unspecified atom stereocenters. The van der Waals surface area contributed by atoms with Gasteiger partial charge in [0.2, 0.25) is 0 Å². The second-order valence-corrected chi connectivity index (χ2v) is 8.11. The summed E-state index contributed by atoms with van der Waals surface area (Å²) in [6, 6.07) is 15.8. The minimum Gasteiger partial charge on any atom is -0.508 e. The normalized spacial score (nSPS) is 17.2. The van der Waals surface area contributed by atoms with E-state index < -0.39 is 17.7 Å². The summed E-state index contributed by atoms with van der Waals surface area (Å²) >= 11 is 0. The SMILES string of the molecule is CCCCOc1cccc(C(O)=C2C(=O)C(=O)N(Cc3cccnc3)C2c2cccc(O)c2)c1. The number of rotatable bonds is 8. The highest BCUT2D eigenvalue weighted by Gasteiger charge is 2.46. The van der Waals surface area contributed by atoms with Gasteiger partial charge in [-0.25, -0.2) is 0 Å². The Balaban J connectivity index is 1.79. The van der Waals surface area contributed by atoms with Gasteiger partial charge in [-0.1, -0.05) is 43.7 Å². The Bertz CT molecular complexity index is 1220. The molecule has 2 aromatic carbocycles. The highest BCUT2D eigenvalue weighted by atomic mass is 16.5. The van der Waals surface area contributed by atoms with Gasteiger partial charge in [-0.15, -0.1) is 0 Å². The van der Waals surface area contributed by atoms with Crippen molar-refractivity contribution < 1.29 is 24.5 Å². The van der Waals surface area contributed by atoms with Crippen molar-refractivity contribution in [3.05, 3.63) is 95.3 Å². The molecule has 7 nitrogen and oxygen atoms in total. The van der Waals surface area contributed by atoms with Crippen LogP contribution < -0.4 is 4.74 Å². The number of aromatic nitrogens is 1. The molecule has 4 rings (SSSR count). The third-order valence-corrected chi connectivity index (χ3v) is 5.68. The molecule has 0 bridgehead atoms. The largest absolute Gasteiger partial charge is 0.508 e. The van der Waals surface area contributed by atoms with Crippen LogP contribution in [-0.4, -0.2) is 38.4 Å². The first kappa shape index (κ1) is 23.0. The van der Waals surface area contributed by atoms with Crippen molar-refractivity contribution in [2.24, 2.45) is 0 Å². The number of aliphatic hydroxyl groups excluding tert-OH is 1. The first-order valence-corrected chi connectivity index (χ1v) is 11.2. The van der Waals surface area contributed by atoms with Crippen molar-refractivity contribution >= 4 is 17.4 Å². The zero-order valence-corrected chi connectivity index (χ0v) is 18.8. The van der Waals surface area contributed by atoms with Crippen molar-refractivity contribution in [1.82, 2.24) is 9.88 Å². The van der Waals surface area contributed by atoms with Crippen LogP contribution in [-0.2, 0) is 16.1 Å². The number of amides is 1. The average molecular weight is 459 g/mol. The van der Waals surface area contributed by atoms with Crippen molar-refractivity contribution in [2.45, 2.75) is 32.4 Å². The van der Waals surface area contributed by atoms with Gasteiger partial charge in [-0.05, 0) is 47.9 Å². The van der Waals surface area contributed by atoms with Crippen LogP contribution in [0.25, 0.3) is 5.76 Å². The van der Waals surface area contributed by atoms with Crippen LogP contribution in [0.3, 0.4) is 0 Å². The maximum Gasteiger partial charge on any atom is 0.295 e. The number of phenols is 1. The lowest BCUT2D eigenvalue weighted by Gasteiger charge is -2.25. The van der Waals surface area contributed by atoms with Gasteiger partial charge < -0.3 is 19.8 Å². The summed E-state index contributed by atoms with van der Waals surface area (Å²) in [5.41, 5.74) is 1.59. The molecule has 1 saturated heterocycles. The number of pyridine rings is 1. The number of carbonyl (C=O) groups is 2. The van der Waals surface area contributed by atoms with Gasteiger partial charge in [0, 0.05) is 24.5 Å². The number of benzene rings is 2. The summed E-state index contributed by atoms with van der Waals surface area (Å²) in [6.45, 7) is 2.73. The smallest absolute Gasteiger partial charge is 0.295 e. The second-order valence-electron chi connectivity index (χ2n) is 8.11. The molecule has 1 atom stereocenters. The Morgan fingerprint density at radius 2 is 1.91 bits per heavy atom. The number of ketones is 1. The van der Waals surface area contributed by atoms with E-state index in [1.807, 2.05) is 6.07 Å². The molecule has 1 aromatic heterocycles. The predicted molar refractivity (Wildman–Crippen MR) is 127 cm³/mol. The Labute approximate surface area is 198 Å². The lowest BCUT2D eigenvalue weighted by molar-refractivity contribution is -0.140. The Kier molecular flexibility index (Phi) is 6.92. The molecular weight excluding hydrogens is 432 g/mol. The van der Waals surface area contributed by atoms with Gasteiger partial charge in [0.05, 0.1) is 18.2 Å². The van der Waals surface area contributed by atoms with Crippen LogP contribution in [0.15, 0.2) is 78.6 Å². The van der Waals surface area contributed by atoms with Gasteiger partial charge in [0.15, 0.2) is 0 Å². The first-order chi connectivity index (χ1) is 16.5. The van der Waals surface area contributed by atoms with E-state index in [9.17, 15) is 19.8 Å². The molecule has 1 amide bonds. The fraction of sp³-hybridized carbons (Fsp3) is 0.222. The van der Waals surface area contributed by atoms with Gasteiger partial charge in [0.1, 0.15) is 17.3 Å². The molecule has 0 spiro atoms. The highest BCUT2D eigenvalue weighted by Crippen LogP contribution is 2.41. The van der Waals surface area contributed by atoms with Crippen molar-refractivity contribution in [2.75, 3.05) is 6.61 Å². The van der Waals surface area contributed by atoms with Crippen LogP contribution in [0.2, 0.25) is 0 Å². The summed E-state index contributed by atoms with van der Waals surface area (Å²) in [6.07, 6.45) is 5.13. The van der Waals surface area contributed by atoms with Gasteiger partial charge in [-0.3, -0.25) is 14.6 Å². The number of Topliss-reactive ketones (excluding diaryl/α,β-unsaturated/α-hetero) is 1. The van der Waals surface area contributed by atoms with Gasteiger partial charge in [0.25, 0.3) is 11.7 Å². The Morgan fingerprint density at radius 3 is 2.65 bits per heavy atom. The molecule has 1 fully saturated rings. The lowest BCUT2D eigenvalue weighted by Crippen LogP contribution is -2.29. The number of likely N-dealkylation sites (tertiary alicyclic amines) is 1. The van der Waals surface area contributed by atoms with E-state index in [-0.39, 0.29) is 23.6 Å². The Hall–Kier alpha value is -4.13. The summed E-state index contributed by atoms with van der Waals surface area (Å²) in [7, 11) is 0. The van der Waals surface area contributed by atoms with Crippen LogP contribution in [0, 0.1) is 0 Å². The number of hydrogen-bond acceptors (Lipinski definition) is 6. The van der Waals surface area contributed by atoms with E-state index in [0.29, 0.717) is 23.5 Å². The molecule has 1 aliphatic rings. The molecule has 174 valence electrons. The minimum atomic E-state index is -0.878. The molecule has 2 heterocycles. The van der Waals surface area contributed by atoms with Gasteiger partial charge >= 0.3 is 0 Å². The second kappa shape index (κ2) is 10.2. The van der Waals surface area contributed by atoms with E-state index in [0.717, 1.165) is 18.4 Å². The fourth-order valence-electron chi connectivity index (χ4n) is 4.00. The fourth-order valence-corrected chi connectivity index (χ4v) is 4.00. The average Bonchev–Trinajstić information content (AvgIpc) is 3.09. The summed E-state index contributed by atoms with van der Waals surface area (Å²) < 4.78 is 5.74. The number of ether oxygens (including phenoxy) is 1. The van der Waals surface area contributed by atoms with E-state index in [2.05, 4.69) is 11.9 Å². The quantitative estimate of drug-likeness (QED) is 0.222.